The van der Waals surface area contributed by atoms with Crippen LogP contribution in [0.3, 0.4) is 0 Å². The third kappa shape index (κ3) is 3.72. The zero-order valence-corrected chi connectivity index (χ0v) is 17.5. The van der Waals surface area contributed by atoms with Gasteiger partial charge in [-0.15, -0.1) is 0 Å². The summed E-state index contributed by atoms with van der Waals surface area (Å²) in [6, 6.07) is 16.0. The van der Waals surface area contributed by atoms with E-state index in [0.717, 1.165) is 21.2 Å². The molecule has 0 fully saturated rings. The molecule has 10 heteroatoms. The van der Waals surface area contributed by atoms with Crippen molar-refractivity contribution in [3.05, 3.63) is 76.9 Å². The Morgan fingerprint density at radius 3 is 2.40 bits per heavy atom. The maximum Gasteiger partial charge on any atom is 0.340 e. The van der Waals surface area contributed by atoms with Gasteiger partial charge in [-0.3, -0.25) is 4.72 Å². The van der Waals surface area contributed by atoms with Crippen LogP contribution < -0.4 is 10.5 Å². The Bertz CT molecular complexity index is 1380. The standard InChI is InChI=1S/C20H14Cl2N4O3S/c21-16-2-1-3-18(19(16)22)30(28,29)25-15-8-6-12(7-9-15)13-4-5-14-11-24-26(20(23)27)17(14)10-13/h1-11,25H,(H2,23,27). The van der Waals surface area contributed by atoms with Crippen LogP contribution in [0.25, 0.3) is 22.0 Å². The molecule has 152 valence electrons. The molecule has 4 rings (SSSR count). The van der Waals surface area contributed by atoms with Crippen molar-refractivity contribution in [3.8, 4) is 11.1 Å². The van der Waals surface area contributed by atoms with E-state index in [1.165, 1.54) is 18.2 Å². The van der Waals surface area contributed by atoms with Gasteiger partial charge < -0.3 is 5.73 Å². The van der Waals surface area contributed by atoms with Gasteiger partial charge in [-0.25, -0.2) is 13.2 Å². The summed E-state index contributed by atoms with van der Waals surface area (Å²) < 4.78 is 28.9. The average molecular weight is 461 g/mol. The zero-order chi connectivity index (χ0) is 21.5. The minimum absolute atomic E-state index is 0.0392. The Labute approximate surface area is 182 Å². The first-order valence-corrected chi connectivity index (χ1v) is 10.8. The van der Waals surface area contributed by atoms with E-state index in [1.807, 2.05) is 12.1 Å². The predicted molar refractivity (Wildman–Crippen MR) is 117 cm³/mol. The molecule has 0 saturated heterocycles. The average Bonchev–Trinajstić information content (AvgIpc) is 3.14. The molecule has 0 unspecified atom stereocenters. The summed E-state index contributed by atoms with van der Waals surface area (Å²) in [6.45, 7) is 0. The number of carbonyl (C=O) groups is 1. The predicted octanol–water partition coefficient (Wildman–Crippen LogP) is 4.74. The van der Waals surface area contributed by atoms with Crippen LogP contribution in [0.2, 0.25) is 10.0 Å². The Morgan fingerprint density at radius 2 is 1.70 bits per heavy atom. The molecule has 0 aliphatic rings. The largest absolute Gasteiger partial charge is 0.350 e. The Hall–Kier alpha value is -3.07. The fourth-order valence-corrected chi connectivity index (χ4v) is 4.83. The zero-order valence-electron chi connectivity index (χ0n) is 15.2. The van der Waals surface area contributed by atoms with Crippen molar-refractivity contribution in [3.63, 3.8) is 0 Å². The molecule has 0 saturated carbocycles. The van der Waals surface area contributed by atoms with Crippen molar-refractivity contribution >= 4 is 55.8 Å². The summed E-state index contributed by atoms with van der Waals surface area (Å²) in [4.78, 5) is 11.4. The number of hydrogen-bond donors (Lipinski definition) is 2. The number of nitrogens with zero attached hydrogens (tertiary/aromatic N) is 2. The van der Waals surface area contributed by atoms with E-state index in [9.17, 15) is 13.2 Å². The van der Waals surface area contributed by atoms with Gasteiger partial charge in [0, 0.05) is 11.1 Å². The first-order valence-electron chi connectivity index (χ1n) is 8.61. The minimum Gasteiger partial charge on any atom is -0.350 e. The monoisotopic (exact) mass is 460 g/mol. The van der Waals surface area contributed by atoms with Crippen LogP contribution in [0.1, 0.15) is 0 Å². The minimum atomic E-state index is -3.91. The number of sulfonamides is 1. The number of amides is 1. The highest BCUT2D eigenvalue weighted by Gasteiger charge is 2.19. The quantitative estimate of drug-likeness (QED) is 0.458. The molecule has 1 heterocycles. The van der Waals surface area contributed by atoms with E-state index in [0.29, 0.717) is 11.2 Å². The lowest BCUT2D eigenvalue weighted by Crippen LogP contribution is -2.20. The number of anilines is 1. The summed E-state index contributed by atoms with van der Waals surface area (Å²) in [5.41, 5.74) is 7.92. The van der Waals surface area contributed by atoms with Crippen molar-refractivity contribution in [2.45, 2.75) is 4.90 Å². The van der Waals surface area contributed by atoms with E-state index < -0.39 is 16.1 Å². The van der Waals surface area contributed by atoms with Crippen LogP contribution in [0, 0.1) is 0 Å². The topological polar surface area (TPSA) is 107 Å². The van der Waals surface area contributed by atoms with Gasteiger partial charge in [-0.1, -0.05) is 53.5 Å². The molecule has 4 aromatic rings. The third-order valence-corrected chi connectivity index (χ3v) is 6.81. The van der Waals surface area contributed by atoms with Crippen LogP contribution >= 0.6 is 23.2 Å². The van der Waals surface area contributed by atoms with Gasteiger partial charge >= 0.3 is 6.03 Å². The molecule has 0 spiro atoms. The van der Waals surface area contributed by atoms with E-state index in [-0.39, 0.29) is 14.9 Å². The van der Waals surface area contributed by atoms with Crippen molar-refractivity contribution in [1.29, 1.82) is 0 Å². The van der Waals surface area contributed by atoms with E-state index in [4.69, 9.17) is 28.9 Å². The number of benzene rings is 3. The SMILES string of the molecule is NC(=O)n1ncc2ccc(-c3ccc(NS(=O)(=O)c4cccc(Cl)c4Cl)cc3)cc21. The maximum atomic E-state index is 12.6. The number of carbonyl (C=O) groups excluding carboxylic acids is 1. The number of primary amides is 1. The van der Waals surface area contributed by atoms with E-state index in [2.05, 4.69) is 9.82 Å². The normalized spacial score (nSPS) is 11.5. The van der Waals surface area contributed by atoms with Gasteiger partial charge in [-0.2, -0.15) is 9.78 Å². The van der Waals surface area contributed by atoms with Gasteiger partial charge in [0.05, 0.1) is 21.8 Å². The lowest BCUT2D eigenvalue weighted by atomic mass is 10.0. The number of hydrogen-bond acceptors (Lipinski definition) is 4. The molecule has 0 aliphatic carbocycles. The maximum absolute atomic E-state index is 12.6. The summed E-state index contributed by atoms with van der Waals surface area (Å²) >= 11 is 11.9. The van der Waals surface area contributed by atoms with Crippen molar-refractivity contribution < 1.29 is 13.2 Å². The van der Waals surface area contributed by atoms with Crippen LogP contribution in [0.4, 0.5) is 10.5 Å². The lowest BCUT2D eigenvalue weighted by Gasteiger charge is -2.11. The van der Waals surface area contributed by atoms with Gasteiger partial charge in [0.15, 0.2) is 0 Å². The van der Waals surface area contributed by atoms with E-state index in [1.54, 1.807) is 36.5 Å². The molecule has 3 N–H and O–H groups in total. The van der Waals surface area contributed by atoms with E-state index >= 15 is 0 Å². The number of halogens is 2. The second kappa shape index (κ2) is 7.64. The summed E-state index contributed by atoms with van der Waals surface area (Å²) in [5.74, 6) is 0. The molecule has 0 bridgehead atoms. The van der Waals surface area contributed by atoms with Gasteiger partial charge in [0.2, 0.25) is 0 Å². The van der Waals surface area contributed by atoms with Crippen molar-refractivity contribution in [1.82, 2.24) is 9.78 Å². The van der Waals surface area contributed by atoms with Crippen LogP contribution in [0.5, 0.6) is 0 Å². The Morgan fingerprint density at radius 1 is 1.00 bits per heavy atom. The van der Waals surface area contributed by atoms with Gasteiger partial charge in [0.25, 0.3) is 10.0 Å². The molecule has 1 amide bonds. The molecule has 30 heavy (non-hydrogen) atoms. The number of fused-ring (bicyclic) bond motifs is 1. The summed E-state index contributed by atoms with van der Waals surface area (Å²) in [6.07, 6.45) is 1.56. The highest BCUT2D eigenvalue weighted by atomic mass is 35.5. The molecule has 0 atom stereocenters. The van der Waals surface area contributed by atoms with Gasteiger partial charge in [0.1, 0.15) is 4.90 Å². The highest BCUT2D eigenvalue weighted by Crippen LogP contribution is 2.31. The third-order valence-electron chi connectivity index (χ3n) is 4.46. The Balaban J connectivity index is 1.63. The second-order valence-electron chi connectivity index (χ2n) is 6.40. The fraction of sp³-hybridized carbons (Fsp3) is 0. The highest BCUT2D eigenvalue weighted by molar-refractivity contribution is 7.92. The summed E-state index contributed by atoms with van der Waals surface area (Å²) in [7, 11) is -3.91. The van der Waals surface area contributed by atoms with Crippen LogP contribution in [-0.2, 0) is 10.0 Å². The smallest absolute Gasteiger partial charge is 0.340 e. The second-order valence-corrected chi connectivity index (χ2v) is 8.84. The molecule has 7 nitrogen and oxygen atoms in total. The van der Waals surface area contributed by atoms with Crippen LogP contribution in [0.15, 0.2) is 71.8 Å². The van der Waals surface area contributed by atoms with Crippen molar-refractivity contribution in [2.75, 3.05) is 4.72 Å². The first kappa shape index (κ1) is 20.2. The number of nitrogens with two attached hydrogens (primary N) is 1. The molecule has 1 aromatic heterocycles. The molecular formula is C20H14Cl2N4O3S. The van der Waals surface area contributed by atoms with Gasteiger partial charge in [-0.05, 0) is 41.5 Å². The Kier molecular flexibility index (Phi) is 5.15. The number of nitrogens with one attached hydrogen (secondary N) is 1. The van der Waals surface area contributed by atoms with Crippen molar-refractivity contribution in [2.24, 2.45) is 5.73 Å². The van der Waals surface area contributed by atoms with Crippen LogP contribution in [-0.4, -0.2) is 24.2 Å². The fourth-order valence-electron chi connectivity index (χ4n) is 3.01. The number of rotatable bonds is 4. The number of aromatic nitrogens is 2. The molecule has 0 aliphatic heterocycles. The molecular weight excluding hydrogens is 447 g/mol. The summed E-state index contributed by atoms with van der Waals surface area (Å²) in [5, 5.41) is 4.86. The molecule has 0 radical (unpaired) electrons. The lowest BCUT2D eigenvalue weighted by molar-refractivity contribution is 0.248. The first-order chi connectivity index (χ1) is 14.3. The molecule has 3 aromatic carbocycles.